The van der Waals surface area contributed by atoms with Crippen molar-refractivity contribution in [2.45, 2.75) is 25.4 Å². The molecule has 2 amide bonds. The number of benzene rings is 4. The van der Waals surface area contributed by atoms with Gasteiger partial charge in [-0.05, 0) is 39.1 Å². The maximum atomic E-state index is 12.8. The first kappa shape index (κ1) is 22.1. The molecule has 0 aromatic heterocycles. The second-order valence-corrected chi connectivity index (χ2v) is 8.94. The van der Waals surface area contributed by atoms with Crippen molar-refractivity contribution in [2.75, 3.05) is 19.6 Å². The van der Waals surface area contributed by atoms with E-state index in [1.54, 1.807) is 0 Å². The summed E-state index contributed by atoms with van der Waals surface area (Å²) < 4.78 is 0. The van der Waals surface area contributed by atoms with Gasteiger partial charge in [-0.25, -0.2) is 0 Å². The van der Waals surface area contributed by atoms with E-state index in [4.69, 9.17) is 0 Å². The number of nitrogens with zero attached hydrogens (tertiary/aromatic N) is 1. The van der Waals surface area contributed by atoms with Crippen molar-refractivity contribution in [3.63, 3.8) is 0 Å². The van der Waals surface area contributed by atoms with Gasteiger partial charge in [-0.2, -0.15) is 0 Å². The highest BCUT2D eigenvalue weighted by molar-refractivity contribution is 5.90. The predicted molar refractivity (Wildman–Crippen MR) is 136 cm³/mol. The van der Waals surface area contributed by atoms with Crippen molar-refractivity contribution in [1.29, 1.82) is 0 Å². The van der Waals surface area contributed by atoms with Gasteiger partial charge in [0.1, 0.15) is 0 Å². The lowest BCUT2D eigenvalue weighted by atomic mass is 10.0. The third kappa shape index (κ3) is 4.95. The van der Waals surface area contributed by atoms with E-state index in [-0.39, 0.29) is 24.4 Å². The number of nitrogens with one attached hydrogen (secondary N) is 2. The van der Waals surface area contributed by atoms with Gasteiger partial charge in [-0.1, -0.05) is 84.9 Å². The average Bonchev–Trinajstić information content (AvgIpc) is 3.04. The lowest BCUT2D eigenvalue weighted by Gasteiger charge is -2.21. The van der Waals surface area contributed by atoms with Crippen LogP contribution in [0.5, 0.6) is 0 Å². The molecule has 1 saturated heterocycles. The summed E-state index contributed by atoms with van der Waals surface area (Å²) in [5.41, 5.74) is 2.19. The van der Waals surface area contributed by atoms with Gasteiger partial charge in [0.05, 0.1) is 13.0 Å². The highest BCUT2D eigenvalue weighted by Crippen LogP contribution is 2.21. The summed E-state index contributed by atoms with van der Waals surface area (Å²) in [6, 6.07) is 28.8. The van der Waals surface area contributed by atoms with Crippen LogP contribution in [-0.2, 0) is 22.6 Å². The van der Waals surface area contributed by atoms with Crippen molar-refractivity contribution in [2.24, 2.45) is 0 Å². The third-order valence-electron chi connectivity index (χ3n) is 6.66. The summed E-state index contributed by atoms with van der Waals surface area (Å²) in [6.07, 6.45) is 1.14. The van der Waals surface area contributed by atoms with Crippen LogP contribution >= 0.6 is 0 Å². The van der Waals surface area contributed by atoms with E-state index in [0.29, 0.717) is 26.1 Å². The van der Waals surface area contributed by atoms with Crippen molar-refractivity contribution in [3.05, 3.63) is 96.1 Å². The van der Waals surface area contributed by atoms with Crippen LogP contribution in [0.4, 0.5) is 0 Å². The van der Waals surface area contributed by atoms with Crippen molar-refractivity contribution >= 4 is 33.4 Å². The number of rotatable bonds is 6. The number of carbonyl (C=O) groups excluding carboxylic acids is 2. The van der Waals surface area contributed by atoms with E-state index in [2.05, 4.69) is 53.1 Å². The number of hydrogen-bond donors (Lipinski definition) is 2. The molecule has 0 spiro atoms. The first-order valence-corrected chi connectivity index (χ1v) is 11.9. The summed E-state index contributed by atoms with van der Waals surface area (Å²) in [4.78, 5) is 27.4. The Morgan fingerprint density at radius 1 is 0.853 bits per heavy atom. The Morgan fingerprint density at radius 2 is 1.47 bits per heavy atom. The second kappa shape index (κ2) is 10.1. The maximum absolute atomic E-state index is 12.8. The van der Waals surface area contributed by atoms with E-state index < -0.39 is 0 Å². The first-order chi connectivity index (χ1) is 16.7. The molecule has 0 aliphatic carbocycles. The average molecular weight is 452 g/mol. The highest BCUT2D eigenvalue weighted by Gasteiger charge is 2.23. The SMILES string of the molecule is O=C(Cc1cccc2ccccc12)NCC1CCN(Cc2cccc3ccccc23)C(=O)CN1. The molecular formula is C29H29N3O2. The Labute approximate surface area is 199 Å². The van der Waals surface area contributed by atoms with Crippen molar-refractivity contribution in [1.82, 2.24) is 15.5 Å². The molecular weight excluding hydrogens is 422 g/mol. The van der Waals surface area contributed by atoms with E-state index in [0.717, 1.165) is 28.3 Å². The molecule has 0 saturated carbocycles. The minimum Gasteiger partial charge on any atom is -0.354 e. The summed E-state index contributed by atoms with van der Waals surface area (Å²) in [7, 11) is 0. The van der Waals surface area contributed by atoms with Crippen LogP contribution < -0.4 is 10.6 Å². The minimum atomic E-state index is 0.00124. The van der Waals surface area contributed by atoms with Gasteiger partial charge in [0.15, 0.2) is 0 Å². The van der Waals surface area contributed by atoms with Crippen LogP contribution in [0.25, 0.3) is 21.5 Å². The molecule has 172 valence electrons. The zero-order valence-corrected chi connectivity index (χ0v) is 19.2. The van der Waals surface area contributed by atoms with Crippen LogP contribution in [0.15, 0.2) is 84.9 Å². The van der Waals surface area contributed by atoms with Crippen LogP contribution in [0.3, 0.4) is 0 Å². The van der Waals surface area contributed by atoms with Crippen molar-refractivity contribution < 1.29 is 9.59 Å². The molecule has 4 aromatic carbocycles. The van der Waals surface area contributed by atoms with E-state index in [1.165, 1.54) is 10.8 Å². The molecule has 2 N–H and O–H groups in total. The molecule has 1 atom stereocenters. The van der Waals surface area contributed by atoms with Crippen LogP contribution in [0, 0.1) is 0 Å². The Hall–Kier alpha value is -3.70. The monoisotopic (exact) mass is 451 g/mol. The standard InChI is InChI=1S/C29H29N3O2/c33-28(17-23-11-5-9-21-7-1-3-13-26(21)23)31-18-25-15-16-32(29(34)19-30-25)20-24-12-6-10-22-8-2-4-14-27(22)24/h1-14,25,30H,15-20H2,(H,31,33). The minimum absolute atomic E-state index is 0.00124. The maximum Gasteiger partial charge on any atom is 0.236 e. The molecule has 34 heavy (non-hydrogen) atoms. The van der Waals surface area contributed by atoms with Gasteiger partial charge in [0, 0.05) is 25.7 Å². The van der Waals surface area contributed by atoms with Gasteiger partial charge < -0.3 is 15.5 Å². The zero-order valence-electron chi connectivity index (χ0n) is 19.2. The van der Waals surface area contributed by atoms with Gasteiger partial charge in [-0.15, -0.1) is 0 Å². The van der Waals surface area contributed by atoms with Gasteiger partial charge in [-0.3, -0.25) is 9.59 Å². The lowest BCUT2D eigenvalue weighted by molar-refractivity contribution is -0.130. The normalized spacial score (nSPS) is 16.5. The van der Waals surface area contributed by atoms with Crippen LogP contribution in [0.1, 0.15) is 17.5 Å². The fourth-order valence-electron chi connectivity index (χ4n) is 4.78. The summed E-state index contributed by atoms with van der Waals surface area (Å²) >= 11 is 0. The van der Waals surface area contributed by atoms with E-state index in [1.807, 2.05) is 47.4 Å². The Morgan fingerprint density at radius 3 is 2.21 bits per heavy atom. The molecule has 1 heterocycles. The molecule has 0 bridgehead atoms. The molecule has 5 nitrogen and oxygen atoms in total. The quantitative estimate of drug-likeness (QED) is 0.465. The summed E-state index contributed by atoms with van der Waals surface area (Å²) in [5.74, 6) is 0.0962. The number of amides is 2. The Bertz CT molecular complexity index is 1320. The van der Waals surface area contributed by atoms with Crippen molar-refractivity contribution in [3.8, 4) is 0 Å². The fourth-order valence-corrected chi connectivity index (χ4v) is 4.78. The Balaban J connectivity index is 1.17. The second-order valence-electron chi connectivity index (χ2n) is 8.94. The summed E-state index contributed by atoms with van der Waals surface area (Å²) in [5, 5.41) is 11.0. The van der Waals surface area contributed by atoms with Gasteiger partial charge in [0.25, 0.3) is 0 Å². The van der Waals surface area contributed by atoms with E-state index >= 15 is 0 Å². The van der Waals surface area contributed by atoms with Gasteiger partial charge in [0.2, 0.25) is 11.8 Å². The molecule has 4 aromatic rings. The third-order valence-corrected chi connectivity index (χ3v) is 6.66. The zero-order chi connectivity index (χ0) is 23.3. The fraction of sp³-hybridized carbons (Fsp3) is 0.241. The molecule has 5 heteroatoms. The topological polar surface area (TPSA) is 61.4 Å². The molecule has 0 radical (unpaired) electrons. The Kier molecular flexibility index (Phi) is 6.54. The first-order valence-electron chi connectivity index (χ1n) is 11.9. The van der Waals surface area contributed by atoms with Crippen LogP contribution in [-0.4, -0.2) is 42.4 Å². The van der Waals surface area contributed by atoms with Crippen LogP contribution in [0.2, 0.25) is 0 Å². The lowest BCUT2D eigenvalue weighted by Crippen LogP contribution is -2.42. The molecule has 1 fully saturated rings. The highest BCUT2D eigenvalue weighted by atomic mass is 16.2. The number of fused-ring (bicyclic) bond motifs is 2. The number of hydrogen-bond acceptors (Lipinski definition) is 3. The molecule has 5 rings (SSSR count). The molecule has 1 aliphatic rings. The summed E-state index contributed by atoms with van der Waals surface area (Å²) in [6.45, 7) is 2.06. The number of carbonyl (C=O) groups is 2. The largest absolute Gasteiger partial charge is 0.354 e. The smallest absolute Gasteiger partial charge is 0.236 e. The van der Waals surface area contributed by atoms with Gasteiger partial charge >= 0.3 is 0 Å². The molecule has 1 aliphatic heterocycles. The predicted octanol–water partition coefficient (Wildman–Crippen LogP) is 4.04. The molecule has 1 unspecified atom stereocenters. The van der Waals surface area contributed by atoms with E-state index in [9.17, 15) is 9.59 Å².